The topological polar surface area (TPSA) is 75.4 Å². The van der Waals surface area contributed by atoms with Crippen molar-refractivity contribution in [3.63, 3.8) is 0 Å². The molecule has 0 spiro atoms. The molecule has 27 heavy (non-hydrogen) atoms. The molecule has 1 N–H and O–H groups in total. The molecule has 0 saturated carbocycles. The molecule has 1 fully saturated rings. The van der Waals surface area contributed by atoms with Crippen molar-refractivity contribution < 1.29 is 14.7 Å². The third-order valence-corrected chi connectivity index (χ3v) is 5.26. The van der Waals surface area contributed by atoms with Crippen LogP contribution in [0.15, 0.2) is 36.5 Å². The number of amides is 1. The summed E-state index contributed by atoms with van der Waals surface area (Å²) in [5.74, 6) is -0.483. The fraction of sp³-hybridized carbons (Fsp3) is 0.476. The van der Waals surface area contributed by atoms with Crippen molar-refractivity contribution >= 4 is 11.9 Å². The van der Waals surface area contributed by atoms with Crippen LogP contribution in [-0.2, 0) is 17.8 Å². The summed E-state index contributed by atoms with van der Waals surface area (Å²) in [7, 11) is 0. The molecule has 1 amide bonds. The zero-order valence-corrected chi connectivity index (χ0v) is 15.8. The van der Waals surface area contributed by atoms with Gasteiger partial charge in [-0.25, -0.2) is 0 Å². The number of aromatic nitrogens is 2. The lowest BCUT2D eigenvalue weighted by molar-refractivity contribution is -0.137. The molecule has 0 radical (unpaired) electrons. The van der Waals surface area contributed by atoms with Gasteiger partial charge in [0.15, 0.2) is 0 Å². The second-order valence-electron chi connectivity index (χ2n) is 7.19. The van der Waals surface area contributed by atoms with Crippen molar-refractivity contribution in [1.29, 1.82) is 0 Å². The molecule has 6 heteroatoms. The van der Waals surface area contributed by atoms with E-state index in [9.17, 15) is 9.59 Å². The molecule has 2 heterocycles. The van der Waals surface area contributed by atoms with Crippen LogP contribution < -0.4 is 0 Å². The number of hydrogen-bond donors (Lipinski definition) is 1. The van der Waals surface area contributed by atoms with Crippen LogP contribution in [-0.4, -0.2) is 44.8 Å². The Bertz CT molecular complexity index is 785. The number of rotatable bonds is 7. The Morgan fingerprint density at radius 1 is 1.26 bits per heavy atom. The van der Waals surface area contributed by atoms with Gasteiger partial charge >= 0.3 is 5.97 Å². The van der Waals surface area contributed by atoms with Crippen molar-refractivity contribution in [2.75, 3.05) is 13.1 Å². The van der Waals surface area contributed by atoms with E-state index in [0.29, 0.717) is 25.1 Å². The van der Waals surface area contributed by atoms with Gasteiger partial charge in [-0.15, -0.1) is 0 Å². The molecule has 6 nitrogen and oxygen atoms in total. The Hall–Kier alpha value is -2.63. The van der Waals surface area contributed by atoms with E-state index in [1.807, 2.05) is 34.7 Å². The Kier molecular flexibility index (Phi) is 6.27. The number of hydrogen-bond acceptors (Lipinski definition) is 3. The molecule has 0 aliphatic carbocycles. The van der Waals surface area contributed by atoms with Crippen LogP contribution in [0.2, 0.25) is 0 Å². The maximum atomic E-state index is 13.1. The number of carbonyl (C=O) groups is 2. The van der Waals surface area contributed by atoms with Crippen LogP contribution in [0, 0.1) is 5.92 Å². The summed E-state index contributed by atoms with van der Waals surface area (Å²) in [6.45, 7) is 4.06. The van der Waals surface area contributed by atoms with Crippen molar-refractivity contribution in [3.05, 3.63) is 53.3 Å². The number of aliphatic carboxylic acids is 1. The predicted molar refractivity (Wildman–Crippen MR) is 103 cm³/mol. The molecule has 1 atom stereocenters. The number of carbonyl (C=O) groups excluding carboxylic acids is 1. The Balaban J connectivity index is 1.71. The highest BCUT2D eigenvalue weighted by Gasteiger charge is 2.27. The highest BCUT2D eigenvalue weighted by molar-refractivity contribution is 5.95. The second kappa shape index (κ2) is 8.84. The van der Waals surface area contributed by atoms with Crippen molar-refractivity contribution in [2.45, 2.75) is 45.6 Å². The summed E-state index contributed by atoms with van der Waals surface area (Å²) in [4.78, 5) is 25.8. The normalized spacial score (nSPS) is 17.1. The lowest BCUT2D eigenvalue weighted by Crippen LogP contribution is -2.40. The quantitative estimate of drug-likeness (QED) is 0.813. The Morgan fingerprint density at radius 3 is 2.74 bits per heavy atom. The smallest absolute Gasteiger partial charge is 0.303 e. The van der Waals surface area contributed by atoms with Gasteiger partial charge in [0.2, 0.25) is 0 Å². The van der Waals surface area contributed by atoms with Crippen LogP contribution in [0.5, 0.6) is 0 Å². The summed E-state index contributed by atoms with van der Waals surface area (Å²) < 4.78 is 1.91. The molecule has 0 bridgehead atoms. The molecule has 1 aliphatic heterocycles. The fourth-order valence-electron chi connectivity index (χ4n) is 3.84. The minimum atomic E-state index is -0.770. The van der Waals surface area contributed by atoms with Crippen LogP contribution in [0.25, 0.3) is 0 Å². The van der Waals surface area contributed by atoms with E-state index in [1.54, 1.807) is 6.20 Å². The maximum absolute atomic E-state index is 13.1. The van der Waals surface area contributed by atoms with Crippen LogP contribution >= 0.6 is 0 Å². The van der Waals surface area contributed by atoms with Crippen molar-refractivity contribution in [1.82, 2.24) is 14.7 Å². The summed E-state index contributed by atoms with van der Waals surface area (Å²) in [6, 6.07) is 10.1. The maximum Gasteiger partial charge on any atom is 0.303 e. The fourth-order valence-corrected chi connectivity index (χ4v) is 3.84. The molecular weight excluding hydrogens is 342 g/mol. The Morgan fingerprint density at radius 2 is 2.04 bits per heavy atom. The minimum absolute atomic E-state index is 0.0196. The number of carboxylic acid groups (broad SMARTS) is 1. The van der Waals surface area contributed by atoms with E-state index in [-0.39, 0.29) is 18.2 Å². The second-order valence-corrected chi connectivity index (χ2v) is 7.19. The number of nitrogens with zero attached hydrogens (tertiary/aromatic N) is 3. The summed E-state index contributed by atoms with van der Waals surface area (Å²) in [5, 5.41) is 13.4. The van der Waals surface area contributed by atoms with E-state index in [2.05, 4.69) is 17.2 Å². The van der Waals surface area contributed by atoms with Gasteiger partial charge in [-0.2, -0.15) is 5.10 Å². The molecule has 1 aromatic heterocycles. The van der Waals surface area contributed by atoms with Gasteiger partial charge in [-0.05, 0) is 37.2 Å². The standard InChI is InChI=1S/C21H27N3O3/c1-2-19-18(13-22-24(19)15-16-7-4-3-5-8-16)21(27)23-12-6-9-17(14-23)10-11-20(25)26/h3-5,7-8,13,17H,2,6,9-12,14-15H2,1H3,(H,25,26). The highest BCUT2D eigenvalue weighted by Crippen LogP contribution is 2.23. The molecule has 1 unspecified atom stereocenters. The minimum Gasteiger partial charge on any atom is -0.481 e. The van der Waals surface area contributed by atoms with E-state index in [4.69, 9.17) is 5.11 Å². The first kappa shape index (κ1) is 19.1. The predicted octanol–water partition coefficient (Wildman–Crippen LogP) is 3.21. The molecule has 1 aromatic carbocycles. The summed E-state index contributed by atoms with van der Waals surface area (Å²) in [5.41, 5.74) is 2.78. The van der Waals surface area contributed by atoms with Gasteiger partial charge in [-0.3, -0.25) is 14.3 Å². The van der Waals surface area contributed by atoms with Gasteiger partial charge in [0, 0.05) is 19.5 Å². The molecule has 3 rings (SSSR count). The molecule has 1 saturated heterocycles. The first-order valence-corrected chi connectivity index (χ1v) is 9.68. The first-order valence-electron chi connectivity index (χ1n) is 9.68. The van der Waals surface area contributed by atoms with Crippen LogP contribution in [0.3, 0.4) is 0 Å². The van der Waals surface area contributed by atoms with E-state index in [1.165, 1.54) is 0 Å². The molecular formula is C21H27N3O3. The lowest BCUT2D eigenvalue weighted by Gasteiger charge is -2.32. The number of benzene rings is 1. The molecule has 2 aromatic rings. The van der Waals surface area contributed by atoms with Gasteiger partial charge in [0.05, 0.1) is 24.0 Å². The van der Waals surface area contributed by atoms with Crippen LogP contribution in [0.1, 0.15) is 54.2 Å². The van der Waals surface area contributed by atoms with E-state index >= 15 is 0 Å². The highest BCUT2D eigenvalue weighted by atomic mass is 16.4. The van der Waals surface area contributed by atoms with Crippen LogP contribution in [0.4, 0.5) is 0 Å². The Labute approximate surface area is 159 Å². The average molecular weight is 369 g/mol. The van der Waals surface area contributed by atoms with Crippen molar-refractivity contribution in [2.24, 2.45) is 5.92 Å². The largest absolute Gasteiger partial charge is 0.481 e. The number of likely N-dealkylation sites (tertiary alicyclic amines) is 1. The average Bonchev–Trinajstić information content (AvgIpc) is 3.09. The zero-order chi connectivity index (χ0) is 19.2. The van der Waals surface area contributed by atoms with Gasteiger partial charge in [-0.1, -0.05) is 37.3 Å². The van der Waals surface area contributed by atoms with Gasteiger partial charge < -0.3 is 10.0 Å². The van der Waals surface area contributed by atoms with Gasteiger partial charge in [0.25, 0.3) is 5.91 Å². The van der Waals surface area contributed by atoms with Gasteiger partial charge in [0.1, 0.15) is 0 Å². The first-order chi connectivity index (χ1) is 13.1. The summed E-state index contributed by atoms with van der Waals surface area (Å²) >= 11 is 0. The lowest BCUT2D eigenvalue weighted by atomic mass is 9.93. The third-order valence-electron chi connectivity index (χ3n) is 5.26. The number of piperidine rings is 1. The number of carboxylic acids is 1. The SMILES string of the molecule is CCc1c(C(=O)N2CCCC(CCC(=O)O)C2)cnn1Cc1ccccc1. The molecule has 144 valence electrons. The zero-order valence-electron chi connectivity index (χ0n) is 15.8. The van der Waals surface area contributed by atoms with E-state index < -0.39 is 5.97 Å². The molecule has 1 aliphatic rings. The van der Waals surface area contributed by atoms with Crippen molar-refractivity contribution in [3.8, 4) is 0 Å². The monoisotopic (exact) mass is 369 g/mol. The van der Waals surface area contributed by atoms with E-state index in [0.717, 1.165) is 37.1 Å². The third kappa shape index (κ3) is 4.76. The summed E-state index contributed by atoms with van der Waals surface area (Å²) in [6.07, 6.45) is 5.14.